The van der Waals surface area contributed by atoms with Gasteiger partial charge in [0, 0.05) is 38.4 Å². The quantitative estimate of drug-likeness (QED) is 0.182. The Bertz CT molecular complexity index is 818. The number of carbonyl (C=O) groups excluding carboxylic acids is 1. The first kappa shape index (κ1) is 26.2. The first-order valence-electron chi connectivity index (χ1n) is 11.6. The summed E-state index contributed by atoms with van der Waals surface area (Å²) in [5.74, 6) is 1.50. The SMILES string of the molecule is CCNC(=NCc1ccccc1Cn1cccn1)NCCNC(=O)CC1CCCCC1.I. The summed E-state index contributed by atoms with van der Waals surface area (Å²) >= 11 is 0. The topological polar surface area (TPSA) is 83.3 Å². The van der Waals surface area contributed by atoms with Gasteiger partial charge in [0.2, 0.25) is 5.91 Å². The van der Waals surface area contributed by atoms with E-state index < -0.39 is 0 Å². The maximum Gasteiger partial charge on any atom is 0.220 e. The summed E-state index contributed by atoms with van der Waals surface area (Å²) < 4.78 is 1.92. The second kappa shape index (κ2) is 14.9. The van der Waals surface area contributed by atoms with Crippen LogP contribution in [0.5, 0.6) is 0 Å². The minimum absolute atomic E-state index is 0. The molecule has 3 rings (SSSR count). The lowest BCUT2D eigenvalue weighted by atomic mass is 9.87. The molecule has 0 radical (unpaired) electrons. The molecule has 0 saturated heterocycles. The van der Waals surface area contributed by atoms with Gasteiger partial charge in [-0.3, -0.25) is 9.48 Å². The molecule has 0 aliphatic heterocycles. The number of halogens is 1. The minimum atomic E-state index is 0. The summed E-state index contributed by atoms with van der Waals surface area (Å²) in [6.45, 7) is 5.41. The number of hydrogen-bond donors (Lipinski definition) is 3. The molecule has 32 heavy (non-hydrogen) atoms. The third-order valence-electron chi connectivity index (χ3n) is 5.70. The molecule has 0 atom stereocenters. The van der Waals surface area contributed by atoms with Crippen LogP contribution in [0.25, 0.3) is 0 Å². The van der Waals surface area contributed by atoms with E-state index in [1.54, 1.807) is 6.20 Å². The average molecular weight is 553 g/mol. The number of amides is 1. The molecule has 1 aliphatic rings. The number of aromatic nitrogens is 2. The molecule has 1 aromatic heterocycles. The van der Waals surface area contributed by atoms with E-state index in [2.05, 4.69) is 40.1 Å². The third-order valence-corrected chi connectivity index (χ3v) is 5.70. The Kier molecular flexibility index (Phi) is 12.2. The van der Waals surface area contributed by atoms with Crippen LogP contribution in [0.3, 0.4) is 0 Å². The van der Waals surface area contributed by atoms with Crippen molar-refractivity contribution in [3.63, 3.8) is 0 Å². The monoisotopic (exact) mass is 552 g/mol. The standard InChI is InChI=1S/C24H36N6O.HI/c1-2-25-24(27-15-14-26-23(31)17-20-9-4-3-5-10-20)28-18-21-11-6-7-12-22(21)19-30-16-8-13-29-30;/h6-8,11-13,16,20H,2-5,9-10,14-15,17-19H2,1H3,(H,26,31)(H2,25,27,28);1H. The normalized spacial score (nSPS) is 14.5. The van der Waals surface area contributed by atoms with Gasteiger partial charge in [0.15, 0.2) is 5.96 Å². The largest absolute Gasteiger partial charge is 0.357 e. The smallest absolute Gasteiger partial charge is 0.220 e. The van der Waals surface area contributed by atoms with Crippen molar-refractivity contribution in [2.45, 2.75) is 58.5 Å². The number of benzene rings is 1. The summed E-state index contributed by atoms with van der Waals surface area (Å²) in [5, 5.41) is 13.9. The summed E-state index contributed by atoms with van der Waals surface area (Å²) in [5.41, 5.74) is 2.39. The number of hydrogen-bond acceptors (Lipinski definition) is 3. The number of nitrogens with one attached hydrogen (secondary N) is 3. The van der Waals surface area contributed by atoms with Crippen LogP contribution in [0, 0.1) is 5.92 Å². The van der Waals surface area contributed by atoms with Crippen molar-refractivity contribution < 1.29 is 4.79 Å². The number of nitrogens with zero attached hydrogens (tertiary/aromatic N) is 3. The van der Waals surface area contributed by atoms with Crippen molar-refractivity contribution in [1.29, 1.82) is 0 Å². The van der Waals surface area contributed by atoms with Crippen LogP contribution >= 0.6 is 24.0 Å². The van der Waals surface area contributed by atoms with Crippen LogP contribution in [0.2, 0.25) is 0 Å². The second-order valence-corrected chi connectivity index (χ2v) is 8.15. The molecule has 0 bridgehead atoms. The van der Waals surface area contributed by atoms with Gasteiger partial charge in [0.25, 0.3) is 0 Å². The lowest BCUT2D eigenvalue weighted by Crippen LogP contribution is -2.41. The van der Waals surface area contributed by atoms with Gasteiger partial charge in [-0.25, -0.2) is 4.99 Å². The molecule has 1 aromatic carbocycles. The fourth-order valence-electron chi connectivity index (χ4n) is 4.05. The molecule has 0 spiro atoms. The summed E-state index contributed by atoms with van der Waals surface area (Å²) in [7, 11) is 0. The number of carbonyl (C=O) groups is 1. The number of guanidine groups is 1. The first-order chi connectivity index (χ1) is 15.2. The predicted octanol–water partition coefficient (Wildman–Crippen LogP) is 3.69. The van der Waals surface area contributed by atoms with E-state index >= 15 is 0 Å². The molecule has 1 aliphatic carbocycles. The van der Waals surface area contributed by atoms with E-state index in [0.717, 1.165) is 19.0 Å². The van der Waals surface area contributed by atoms with Gasteiger partial charge >= 0.3 is 0 Å². The Hall–Kier alpha value is -2.10. The summed E-state index contributed by atoms with van der Waals surface area (Å²) in [4.78, 5) is 16.9. The lowest BCUT2D eigenvalue weighted by Gasteiger charge is -2.20. The molecule has 0 unspecified atom stereocenters. The van der Waals surface area contributed by atoms with Crippen molar-refractivity contribution in [3.05, 3.63) is 53.9 Å². The Morgan fingerprint density at radius 2 is 1.81 bits per heavy atom. The zero-order chi connectivity index (χ0) is 21.7. The zero-order valence-electron chi connectivity index (χ0n) is 19.1. The van der Waals surface area contributed by atoms with Crippen molar-refractivity contribution in [3.8, 4) is 0 Å². The highest BCUT2D eigenvalue weighted by molar-refractivity contribution is 14.0. The van der Waals surface area contributed by atoms with Gasteiger partial charge in [-0.05, 0) is 42.9 Å². The molecule has 1 fully saturated rings. The van der Waals surface area contributed by atoms with Crippen molar-refractivity contribution in [2.24, 2.45) is 10.9 Å². The third kappa shape index (κ3) is 9.18. The number of rotatable bonds is 10. The highest BCUT2D eigenvalue weighted by atomic mass is 127. The first-order valence-corrected chi connectivity index (χ1v) is 11.6. The van der Waals surface area contributed by atoms with Crippen molar-refractivity contribution in [2.75, 3.05) is 19.6 Å². The molecule has 176 valence electrons. The van der Waals surface area contributed by atoms with E-state index in [-0.39, 0.29) is 29.9 Å². The van der Waals surface area contributed by atoms with E-state index in [4.69, 9.17) is 4.99 Å². The van der Waals surface area contributed by atoms with Gasteiger partial charge < -0.3 is 16.0 Å². The highest BCUT2D eigenvalue weighted by Gasteiger charge is 2.16. The zero-order valence-corrected chi connectivity index (χ0v) is 21.4. The summed E-state index contributed by atoms with van der Waals surface area (Å²) in [6.07, 6.45) is 10.7. The fourth-order valence-corrected chi connectivity index (χ4v) is 4.05. The van der Waals surface area contributed by atoms with Gasteiger partial charge in [0.1, 0.15) is 0 Å². The van der Waals surface area contributed by atoms with Crippen molar-refractivity contribution in [1.82, 2.24) is 25.7 Å². The molecule has 7 nitrogen and oxygen atoms in total. The van der Waals surface area contributed by atoms with Crippen LogP contribution in [-0.4, -0.2) is 41.3 Å². The predicted molar refractivity (Wildman–Crippen MR) is 140 cm³/mol. The van der Waals surface area contributed by atoms with Crippen LogP contribution < -0.4 is 16.0 Å². The minimum Gasteiger partial charge on any atom is -0.357 e. The van der Waals surface area contributed by atoms with Crippen LogP contribution in [0.1, 0.15) is 56.6 Å². The molecular weight excluding hydrogens is 515 g/mol. The van der Waals surface area contributed by atoms with E-state index in [9.17, 15) is 4.79 Å². The molecule has 8 heteroatoms. The van der Waals surface area contributed by atoms with Crippen molar-refractivity contribution >= 4 is 35.8 Å². The van der Waals surface area contributed by atoms with E-state index in [1.165, 1.54) is 43.2 Å². The fraction of sp³-hybridized carbons (Fsp3) is 0.542. The molecule has 1 saturated carbocycles. The molecule has 2 aromatic rings. The Balaban J connectivity index is 0.00000363. The Morgan fingerprint density at radius 1 is 1.06 bits per heavy atom. The average Bonchev–Trinajstić information content (AvgIpc) is 3.29. The van der Waals surface area contributed by atoms with Crippen LogP contribution in [0.4, 0.5) is 0 Å². The number of aliphatic imine (C=N–C) groups is 1. The van der Waals surface area contributed by atoms with Crippen LogP contribution in [0.15, 0.2) is 47.7 Å². The highest BCUT2D eigenvalue weighted by Crippen LogP contribution is 2.25. The van der Waals surface area contributed by atoms with Crippen LogP contribution in [-0.2, 0) is 17.9 Å². The van der Waals surface area contributed by atoms with Gasteiger partial charge in [-0.1, -0.05) is 43.5 Å². The van der Waals surface area contributed by atoms with E-state index in [1.807, 2.05) is 29.1 Å². The van der Waals surface area contributed by atoms with Gasteiger partial charge in [-0.2, -0.15) is 5.10 Å². The molecular formula is C24H37IN6O. The van der Waals surface area contributed by atoms with Gasteiger partial charge in [0.05, 0.1) is 13.1 Å². The van der Waals surface area contributed by atoms with Gasteiger partial charge in [-0.15, -0.1) is 24.0 Å². The Labute approximate surface area is 208 Å². The Morgan fingerprint density at radius 3 is 2.53 bits per heavy atom. The molecule has 1 amide bonds. The molecule has 3 N–H and O–H groups in total. The second-order valence-electron chi connectivity index (χ2n) is 8.15. The maximum atomic E-state index is 12.2. The summed E-state index contributed by atoms with van der Waals surface area (Å²) in [6, 6.07) is 10.2. The maximum absolute atomic E-state index is 12.2. The molecule has 1 heterocycles. The lowest BCUT2D eigenvalue weighted by molar-refractivity contribution is -0.122. The van der Waals surface area contributed by atoms with E-state index in [0.29, 0.717) is 32.0 Å².